The minimum Gasteiger partial charge on any atom is -0.459 e. The Morgan fingerprint density at radius 2 is 1.77 bits per heavy atom. The van der Waals surface area contributed by atoms with Crippen molar-refractivity contribution in [3.05, 3.63) is 92.6 Å². The lowest BCUT2D eigenvalue weighted by molar-refractivity contribution is -0.123. The molecule has 0 aliphatic carbocycles. The largest absolute Gasteiger partial charge is 0.459 e. The molecule has 3 aromatic rings. The Bertz CT molecular complexity index is 1150. The van der Waals surface area contributed by atoms with Gasteiger partial charge in [-0.3, -0.25) is 23.5 Å². The third-order valence-corrected chi connectivity index (χ3v) is 4.72. The van der Waals surface area contributed by atoms with Gasteiger partial charge in [0.05, 0.1) is 12.8 Å². The second-order valence-corrected chi connectivity index (χ2v) is 6.79. The van der Waals surface area contributed by atoms with E-state index < -0.39 is 29.1 Å². The van der Waals surface area contributed by atoms with Crippen molar-refractivity contribution in [1.29, 1.82) is 0 Å². The van der Waals surface area contributed by atoms with E-state index >= 15 is 0 Å². The summed E-state index contributed by atoms with van der Waals surface area (Å²) in [4.78, 5) is 49.2. The molecule has 1 atom stereocenters. The van der Waals surface area contributed by atoms with E-state index in [9.17, 15) is 19.2 Å². The zero-order valence-corrected chi connectivity index (χ0v) is 16.6. The van der Waals surface area contributed by atoms with Gasteiger partial charge in [0.15, 0.2) is 5.76 Å². The molecular weight excluding hydrogens is 388 g/mol. The molecule has 2 heterocycles. The lowest BCUT2D eigenvalue weighted by atomic mass is 10.0. The number of carbonyl (C=O) groups excluding carboxylic acids is 2. The van der Waals surface area contributed by atoms with Crippen LogP contribution in [0.4, 0.5) is 0 Å². The average Bonchev–Trinajstić information content (AvgIpc) is 3.29. The summed E-state index contributed by atoms with van der Waals surface area (Å²) in [6.45, 7) is -0.0391. The van der Waals surface area contributed by atoms with Crippen LogP contribution in [-0.4, -0.2) is 27.0 Å². The van der Waals surface area contributed by atoms with E-state index in [0.717, 1.165) is 10.1 Å². The first-order valence-electron chi connectivity index (χ1n) is 9.28. The van der Waals surface area contributed by atoms with Crippen molar-refractivity contribution >= 4 is 11.8 Å². The van der Waals surface area contributed by atoms with Crippen molar-refractivity contribution in [3.8, 4) is 0 Å². The first-order valence-corrected chi connectivity index (χ1v) is 9.28. The summed E-state index contributed by atoms with van der Waals surface area (Å²) in [6, 6.07) is 12.7. The van der Waals surface area contributed by atoms with Crippen molar-refractivity contribution < 1.29 is 14.0 Å². The molecule has 3 rings (SSSR count). The Morgan fingerprint density at radius 1 is 1.03 bits per heavy atom. The quantitative estimate of drug-likeness (QED) is 0.583. The third-order valence-electron chi connectivity index (χ3n) is 4.72. The highest BCUT2D eigenvalue weighted by atomic mass is 16.3. The molecule has 0 saturated heterocycles. The van der Waals surface area contributed by atoms with Crippen molar-refractivity contribution in [2.75, 3.05) is 0 Å². The van der Waals surface area contributed by atoms with Gasteiger partial charge in [-0.05, 0) is 17.7 Å². The van der Waals surface area contributed by atoms with Crippen LogP contribution in [0.1, 0.15) is 21.8 Å². The normalized spacial score (nSPS) is 11.7. The minimum absolute atomic E-state index is 0.0391. The van der Waals surface area contributed by atoms with Crippen LogP contribution >= 0.6 is 0 Å². The Kier molecular flexibility index (Phi) is 6.31. The number of nitrogens with one attached hydrogen (secondary N) is 2. The van der Waals surface area contributed by atoms with Gasteiger partial charge >= 0.3 is 5.69 Å². The molecule has 1 unspecified atom stereocenters. The topological polar surface area (TPSA) is 115 Å². The number of nitrogens with zero attached hydrogens (tertiary/aromatic N) is 2. The molecule has 9 heteroatoms. The molecule has 0 saturated carbocycles. The second kappa shape index (κ2) is 9.08. The summed E-state index contributed by atoms with van der Waals surface area (Å²) in [5.74, 6) is -0.876. The molecule has 0 radical (unpaired) electrons. The number of carbonyl (C=O) groups is 2. The van der Waals surface area contributed by atoms with Gasteiger partial charge in [-0.2, -0.15) is 0 Å². The van der Waals surface area contributed by atoms with E-state index in [1.54, 1.807) is 6.07 Å². The van der Waals surface area contributed by atoms with E-state index in [4.69, 9.17) is 4.42 Å². The maximum Gasteiger partial charge on any atom is 0.330 e. The van der Waals surface area contributed by atoms with Crippen LogP contribution in [0.3, 0.4) is 0 Å². The van der Waals surface area contributed by atoms with Gasteiger partial charge in [-0.25, -0.2) is 4.79 Å². The van der Waals surface area contributed by atoms with E-state index in [0.29, 0.717) is 5.69 Å². The average molecular weight is 410 g/mol. The van der Waals surface area contributed by atoms with Crippen LogP contribution < -0.4 is 21.9 Å². The van der Waals surface area contributed by atoms with E-state index in [1.807, 2.05) is 30.3 Å². The van der Waals surface area contributed by atoms with Crippen molar-refractivity contribution in [2.45, 2.75) is 19.0 Å². The lowest BCUT2D eigenvalue weighted by Gasteiger charge is -2.19. The molecule has 0 bridgehead atoms. The number of amides is 2. The van der Waals surface area contributed by atoms with Gasteiger partial charge in [0.25, 0.3) is 11.5 Å². The summed E-state index contributed by atoms with van der Waals surface area (Å²) in [5.41, 5.74) is 0.263. The van der Waals surface area contributed by atoms with Gasteiger partial charge in [-0.15, -0.1) is 0 Å². The minimum atomic E-state index is -0.881. The van der Waals surface area contributed by atoms with Crippen molar-refractivity contribution in [3.63, 3.8) is 0 Å². The second-order valence-electron chi connectivity index (χ2n) is 6.79. The molecule has 1 aromatic carbocycles. The molecule has 30 heavy (non-hydrogen) atoms. The predicted octanol–water partition coefficient (Wildman–Crippen LogP) is 0.335. The molecule has 0 spiro atoms. The molecular formula is C21H22N4O5. The smallest absolute Gasteiger partial charge is 0.330 e. The molecule has 2 N–H and O–H groups in total. The van der Waals surface area contributed by atoms with Crippen LogP contribution in [-0.2, 0) is 31.9 Å². The fraction of sp³-hybridized carbons (Fsp3) is 0.238. The van der Waals surface area contributed by atoms with Gasteiger partial charge in [0.2, 0.25) is 5.91 Å². The monoisotopic (exact) mass is 410 g/mol. The van der Waals surface area contributed by atoms with Gasteiger partial charge in [-0.1, -0.05) is 30.3 Å². The standard InChI is InChI=1S/C21H22N4O5/c1-24-15(12-18(26)25(2)21(24)29)13-22-19(27)16(11-14-7-4-3-5-8-14)23-20(28)17-9-6-10-30-17/h3-10,12,16H,11,13H2,1-2H3,(H,22,27)(H,23,28). The Hall–Kier alpha value is -3.88. The highest BCUT2D eigenvalue weighted by molar-refractivity contribution is 5.95. The van der Waals surface area contributed by atoms with Crippen molar-refractivity contribution in [2.24, 2.45) is 14.1 Å². The molecule has 2 aromatic heterocycles. The highest BCUT2D eigenvalue weighted by Crippen LogP contribution is 2.06. The van der Waals surface area contributed by atoms with E-state index in [2.05, 4.69) is 10.6 Å². The van der Waals surface area contributed by atoms with Crippen LogP contribution in [0.15, 0.2) is 68.8 Å². The molecule has 0 aliphatic heterocycles. The first-order chi connectivity index (χ1) is 14.4. The Morgan fingerprint density at radius 3 is 2.43 bits per heavy atom. The maximum absolute atomic E-state index is 12.8. The zero-order valence-electron chi connectivity index (χ0n) is 16.6. The zero-order chi connectivity index (χ0) is 21.7. The van der Waals surface area contributed by atoms with E-state index in [1.165, 1.54) is 37.1 Å². The molecule has 0 aliphatic rings. The number of furan rings is 1. The third kappa shape index (κ3) is 4.75. The fourth-order valence-electron chi connectivity index (χ4n) is 2.94. The molecule has 156 valence electrons. The van der Waals surface area contributed by atoms with E-state index in [-0.39, 0.29) is 18.7 Å². The predicted molar refractivity (Wildman–Crippen MR) is 109 cm³/mol. The fourth-order valence-corrected chi connectivity index (χ4v) is 2.94. The summed E-state index contributed by atoms with van der Waals surface area (Å²) in [5, 5.41) is 5.36. The van der Waals surface area contributed by atoms with Gasteiger partial charge < -0.3 is 15.1 Å². The molecule has 2 amide bonds. The van der Waals surface area contributed by atoms with Crippen LogP contribution in [0.25, 0.3) is 0 Å². The molecule has 9 nitrogen and oxygen atoms in total. The Labute approximate surface area is 171 Å². The number of benzene rings is 1. The van der Waals surface area contributed by atoms with Gasteiger partial charge in [0, 0.05) is 32.3 Å². The van der Waals surface area contributed by atoms with Crippen LogP contribution in [0.5, 0.6) is 0 Å². The first kappa shape index (κ1) is 20.8. The number of aromatic nitrogens is 2. The summed E-state index contributed by atoms with van der Waals surface area (Å²) in [6.07, 6.45) is 1.63. The number of rotatable bonds is 7. The van der Waals surface area contributed by atoms with Crippen LogP contribution in [0.2, 0.25) is 0 Å². The highest BCUT2D eigenvalue weighted by Gasteiger charge is 2.23. The van der Waals surface area contributed by atoms with Gasteiger partial charge in [0.1, 0.15) is 6.04 Å². The lowest BCUT2D eigenvalue weighted by Crippen LogP contribution is -2.48. The van der Waals surface area contributed by atoms with Crippen LogP contribution in [0, 0.1) is 0 Å². The Balaban J connectivity index is 1.77. The summed E-state index contributed by atoms with van der Waals surface area (Å²) in [7, 11) is 2.90. The van der Waals surface area contributed by atoms with Crippen molar-refractivity contribution in [1.82, 2.24) is 19.8 Å². The number of hydrogen-bond donors (Lipinski definition) is 2. The number of hydrogen-bond acceptors (Lipinski definition) is 5. The SMILES string of the molecule is Cn1c(CNC(=O)C(Cc2ccccc2)NC(=O)c2ccco2)cc(=O)n(C)c1=O. The summed E-state index contributed by atoms with van der Waals surface area (Å²) < 4.78 is 7.36. The molecule has 0 fully saturated rings. The summed E-state index contributed by atoms with van der Waals surface area (Å²) >= 11 is 0. The maximum atomic E-state index is 12.8.